The first-order valence-corrected chi connectivity index (χ1v) is 8.46. The SMILES string of the molecule is O=C(CNC(=O)c1sc2ccccc2c1Cl)NCc1ccccn1. The Labute approximate surface area is 147 Å². The van der Waals surface area contributed by atoms with Crippen molar-refractivity contribution in [1.29, 1.82) is 0 Å². The van der Waals surface area contributed by atoms with E-state index in [0.29, 0.717) is 16.4 Å². The molecule has 24 heavy (non-hydrogen) atoms. The van der Waals surface area contributed by atoms with Crippen molar-refractivity contribution in [3.05, 3.63) is 64.3 Å². The lowest BCUT2D eigenvalue weighted by molar-refractivity contribution is -0.120. The quantitative estimate of drug-likeness (QED) is 0.735. The Kier molecular flexibility index (Phi) is 5.08. The largest absolute Gasteiger partial charge is 0.349 e. The molecule has 0 unspecified atom stereocenters. The summed E-state index contributed by atoms with van der Waals surface area (Å²) in [6.45, 7) is 0.204. The van der Waals surface area contributed by atoms with Crippen LogP contribution in [0.1, 0.15) is 15.4 Å². The minimum Gasteiger partial charge on any atom is -0.349 e. The van der Waals surface area contributed by atoms with Gasteiger partial charge >= 0.3 is 0 Å². The molecule has 0 aliphatic heterocycles. The molecule has 2 aromatic heterocycles. The molecule has 0 atom stereocenters. The molecule has 3 aromatic rings. The molecule has 0 radical (unpaired) electrons. The van der Waals surface area contributed by atoms with Gasteiger partial charge in [0.05, 0.1) is 23.8 Å². The molecule has 1 aromatic carbocycles. The van der Waals surface area contributed by atoms with Crippen LogP contribution in [0.5, 0.6) is 0 Å². The molecule has 7 heteroatoms. The highest BCUT2D eigenvalue weighted by Crippen LogP contribution is 2.34. The van der Waals surface area contributed by atoms with Crippen molar-refractivity contribution in [2.24, 2.45) is 0 Å². The van der Waals surface area contributed by atoms with E-state index in [1.165, 1.54) is 11.3 Å². The maximum absolute atomic E-state index is 12.2. The zero-order valence-corrected chi connectivity index (χ0v) is 14.2. The molecule has 0 aliphatic carbocycles. The van der Waals surface area contributed by atoms with Crippen LogP contribution in [-0.4, -0.2) is 23.3 Å². The van der Waals surface area contributed by atoms with Crippen molar-refractivity contribution >= 4 is 44.8 Å². The molecule has 0 bridgehead atoms. The fourth-order valence-corrected chi connectivity index (χ4v) is 3.59. The van der Waals surface area contributed by atoms with Crippen molar-refractivity contribution in [3.63, 3.8) is 0 Å². The van der Waals surface area contributed by atoms with Gasteiger partial charge in [-0.05, 0) is 18.2 Å². The van der Waals surface area contributed by atoms with Crippen LogP contribution < -0.4 is 10.6 Å². The molecular weight excluding hydrogens is 346 g/mol. The summed E-state index contributed by atoms with van der Waals surface area (Å²) in [5.41, 5.74) is 0.754. The van der Waals surface area contributed by atoms with Crippen LogP contribution in [0.25, 0.3) is 10.1 Å². The van der Waals surface area contributed by atoms with E-state index in [1.54, 1.807) is 12.3 Å². The molecule has 0 spiro atoms. The van der Waals surface area contributed by atoms with E-state index >= 15 is 0 Å². The summed E-state index contributed by atoms with van der Waals surface area (Å²) < 4.78 is 0.937. The van der Waals surface area contributed by atoms with Gasteiger partial charge in [-0.3, -0.25) is 14.6 Å². The maximum Gasteiger partial charge on any atom is 0.263 e. The first-order chi connectivity index (χ1) is 11.6. The number of hydrogen-bond acceptors (Lipinski definition) is 4. The van der Waals surface area contributed by atoms with Gasteiger partial charge in [-0.1, -0.05) is 35.9 Å². The monoisotopic (exact) mass is 359 g/mol. The fourth-order valence-electron chi connectivity index (χ4n) is 2.16. The molecule has 0 fully saturated rings. The van der Waals surface area contributed by atoms with Gasteiger partial charge in [0, 0.05) is 16.3 Å². The summed E-state index contributed by atoms with van der Waals surface area (Å²) in [5.74, 6) is -0.638. The minimum atomic E-state index is -0.353. The average molecular weight is 360 g/mol. The Bertz CT molecular complexity index is 880. The number of hydrogen-bond donors (Lipinski definition) is 2. The molecule has 0 saturated heterocycles. The lowest BCUT2D eigenvalue weighted by Crippen LogP contribution is -2.36. The van der Waals surface area contributed by atoms with Gasteiger partial charge < -0.3 is 10.6 Å². The first-order valence-electron chi connectivity index (χ1n) is 7.27. The van der Waals surface area contributed by atoms with Crippen LogP contribution in [0.3, 0.4) is 0 Å². The second-order valence-corrected chi connectivity index (χ2v) is 6.45. The third kappa shape index (κ3) is 3.72. The van der Waals surface area contributed by atoms with Gasteiger partial charge in [0.2, 0.25) is 5.91 Å². The Morgan fingerprint density at radius 3 is 2.62 bits per heavy atom. The van der Waals surface area contributed by atoms with Crippen molar-refractivity contribution in [1.82, 2.24) is 15.6 Å². The van der Waals surface area contributed by atoms with Crippen LogP contribution in [0.2, 0.25) is 5.02 Å². The Morgan fingerprint density at radius 1 is 1.08 bits per heavy atom. The summed E-state index contributed by atoms with van der Waals surface area (Å²) in [6, 6.07) is 13.0. The lowest BCUT2D eigenvalue weighted by atomic mass is 10.2. The topological polar surface area (TPSA) is 71.1 Å². The van der Waals surface area contributed by atoms with Gasteiger partial charge in [-0.2, -0.15) is 0 Å². The summed E-state index contributed by atoms with van der Waals surface area (Å²) in [4.78, 5) is 28.6. The zero-order chi connectivity index (χ0) is 16.9. The summed E-state index contributed by atoms with van der Waals surface area (Å²) in [5, 5.41) is 6.55. The Morgan fingerprint density at radius 2 is 1.88 bits per heavy atom. The van der Waals surface area contributed by atoms with Crippen LogP contribution >= 0.6 is 22.9 Å². The molecule has 3 rings (SSSR count). The summed E-state index contributed by atoms with van der Waals surface area (Å²) in [6.07, 6.45) is 1.66. The van der Waals surface area contributed by atoms with E-state index in [1.807, 2.05) is 36.4 Å². The van der Waals surface area contributed by atoms with Crippen molar-refractivity contribution < 1.29 is 9.59 Å². The third-order valence-electron chi connectivity index (χ3n) is 3.34. The molecule has 2 amide bonds. The highest BCUT2D eigenvalue weighted by molar-refractivity contribution is 7.21. The highest BCUT2D eigenvalue weighted by Gasteiger charge is 2.17. The molecule has 5 nitrogen and oxygen atoms in total. The Balaban J connectivity index is 1.56. The number of nitrogens with zero attached hydrogens (tertiary/aromatic N) is 1. The summed E-state index contributed by atoms with van der Waals surface area (Å²) in [7, 11) is 0. The lowest BCUT2D eigenvalue weighted by Gasteiger charge is -2.06. The number of benzene rings is 1. The molecule has 0 saturated carbocycles. The fraction of sp³-hybridized carbons (Fsp3) is 0.118. The van der Waals surface area contributed by atoms with Gasteiger partial charge in [0.25, 0.3) is 5.91 Å². The molecule has 122 valence electrons. The van der Waals surface area contributed by atoms with Crippen LogP contribution in [0.15, 0.2) is 48.7 Å². The standard InChI is InChI=1S/C17H14ClN3O2S/c18-15-12-6-1-2-7-13(12)24-16(15)17(23)21-10-14(22)20-9-11-5-3-4-8-19-11/h1-8H,9-10H2,(H,20,22)(H,21,23). The number of halogens is 1. The van der Waals surface area contributed by atoms with Gasteiger partial charge in [0.1, 0.15) is 4.88 Å². The van der Waals surface area contributed by atoms with Crippen molar-refractivity contribution in [2.45, 2.75) is 6.54 Å². The first kappa shape index (κ1) is 16.4. The number of rotatable bonds is 5. The van der Waals surface area contributed by atoms with E-state index in [9.17, 15) is 9.59 Å². The number of amides is 2. The molecule has 0 aliphatic rings. The van der Waals surface area contributed by atoms with Crippen molar-refractivity contribution in [3.8, 4) is 0 Å². The van der Waals surface area contributed by atoms with E-state index < -0.39 is 0 Å². The smallest absolute Gasteiger partial charge is 0.263 e. The normalized spacial score (nSPS) is 10.5. The van der Waals surface area contributed by atoms with E-state index in [0.717, 1.165) is 15.8 Å². The zero-order valence-electron chi connectivity index (χ0n) is 12.6. The predicted molar refractivity (Wildman–Crippen MR) is 95.3 cm³/mol. The van der Waals surface area contributed by atoms with Gasteiger partial charge in [-0.15, -0.1) is 11.3 Å². The van der Waals surface area contributed by atoms with E-state index in [2.05, 4.69) is 15.6 Å². The number of pyridine rings is 1. The van der Waals surface area contributed by atoms with Gasteiger partial charge in [-0.25, -0.2) is 0 Å². The number of fused-ring (bicyclic) bond motifs is 1. The number of carbonyl (C=O) groups is 2. The molecule has 2 heterocycles. The predicted octanol–water partition coefficient (Wildman–Crippen LogP) is 3.00. The van der Waals surface area contributed by atoms with Crippen LogP contribution in [0.4, 0.5) is 0 Å². The molecule has 2 N–H and O–H groups in total. The number of aromatic nitrogens is 1. The number of carbonyl (C=O) groups excluding carboxylic acids is 2. The van der Waals surface area contributed by atoms with Crippen LogP contribution in [0, 0.1) is 0 Å². The number of nitrogens with one attached hydrogen (secondary N) is 2. The molecular formula is C17H14ClN3O2S. The minimum absolute atomic E-state index is 0.115. The number of thiophene rings is 1. The maximum atomic E-state index is 12.2. The average Bonchev–Trinajstić information content (AvgIpc) is 2.96. The van der Waals surface area contributed by atoms with E-state index in [4.69, 9.17) is 11.6 Å². The van der Waals surface area contributed by atoms with Crippen LogP contribution in [-0.2, 0) is 11.3 Å². The second-order valence-electron chi connectivity index (χ2n) is 5.02. The third-order valence-corrected chi connectivity index (χ3v) is 5.02. The Hall–Kier alpha value is -2.44. The van der Waals surface area contributed by atoms with Crippen molar-refractivity contribution in [2.75, 3.05) is 6.54 Å². The van der Waals surface area contributed by atoms with Gasteiger partial charge in [0.15, 0.2) is 0 Å². The highest BCUT2D eigenvalue weighted by atomic mass is 35.5. The second kappa shape index (κ2) is 7.42. The van der Waals surface area contributed by atoms with E-state index in [-0.39, 0.29) is 18.4 Å². The summed E-state index contributed by atoms with van der Waals surface area (Å²) >= 11 is 7.56.